The van der Waals surface area contributed by atoms with Crippen LogP contribution in [0.5, 0.6) is 0 Å². The fourth-order valence-electron chi connectivity index (χ4n) is 0.831. The van der Waals surface area contributed by atoms with Gasteiger partial charge in [0.2, 0.25) is 0 Å². The maximum Gasteiger partial charge on any atom is 0.276 e. The van der Waals surface area contributed by atoms with Crippen molar-refractivity contribution < 1.29 is 4.79 Å². The van der Waals surface area contributed by atoms with Crippen LogP contribution in [0.1, 0.15) is 6.92 Å². The Bertz CT molecular complexity index is 281. The third-order valence-electron chi connectivity index (χ3n) is 1.54. The molecule has 0 radical (unpaired) electrons. The van der Waals surface area contributed by atoms with Gasteiger partial charge < -0.3 is 5.32 Å². The predicted octanol–water partition coefficient (Wildman–Crippen LogP) is 0.793. The average molecular weight is 182 g/mol. The number of nitrogens with one attached hydrogen (secondary N) is 1. The van der Waals surface area contributed by atoms with Gasteiger partial charge in [0.1, 0.15) is 5.70 Å². The zero-order chi connectivity index (χ0) is 9.14. The molecule has 1 aliphatic rings. The fourth-order valence-corrected chi connectivity index (χ4v) is 1.02. The van der Waals surface area contributed by atoms with Gasteiger partial charge in [0.15, 0.2) is 5.11 Å². The number of amides is 1. The summed E-state index contributed by atoms with van der Waals surface area (Å²) in [6, 6.07) is 0. The predicted molar refractivity (Wildman–Crippen MR) is 51.4 cm³/mol. The van der Waals surface area contributed by atoms with Crippen LogP contribution in [-0.4, -0.2) is 23.0 Å². The molecule has 1 saturated heterocycles. The quantitative estimate of drug-likeness (QED) is 0.481. The molecule has 0 bridgehead atoms. The lowest BCUT2D eigenvalue weighted by atomic mass is 10.3. The highest BCUT2D eigenvalue weighted by atomic mass is 32.1. The Morgan fingerprint density at radius 2 is 2.25 bits per heavy atom. The average Bonchev–Trinajstić information content (AvgIpc) is 2.30. The van der Waals surface area contributed by atoms with Crippen LogP contribution in [-0.2, 0) is 4.79 Å². The van der Waals surface area contributed by atoms with Gasteiger partial charge in [-0.25, -0.2) is 0 Å². The van der Waals surface area contributed by atoms with Crippen LogP contribution in [0.3, 0.4) is 0 Å². The maximum atomic E-state index is 11.3. The molecule has 1 heterocycles. The zero-order valence-electron chi connectivity index (χ0n) is 7.00. The molecule has 0 aromatic carbocycles. The van der Waals surface area contributed by atoms with Gasteiger partial charge in [-0.3, -0.25) is 9.69 Å². The summed E-state index contributed by atoms with van der Waals surface area (Å²) in [4.78, 5) is 12.7. The van der Waals surface area contributed by atoms with E-state index < -0.39 is 0 Å². The Hall–Kier alpha value is -1.16. The number of thiocarbonyl (C=S) groups is 1. The molecular formula is C8H10N2OS. The van der Waals surface area contributed by atoms with Crippen molar-refractivity contribution in [2.24, 2.45) is 0 Å². The molecule has 0 spiro atoms. The third kappa shape index (κ3) is 1.53. The smallest absolute Gasteiger partial charge is 0.276 e. The van der Waals surface area contributed by atoms with Crippen molar-refractivity contribution in [3.63, 3.8) is 0 Å². The monoisotopic (exact) mass is 182 g/mol. The molecule has 1 amide bonds. The van der Waals surface area contributed by atoms with E-state index in [-0.39, 0.29) is 5.91 Å². The van der Waals surface area contributed by atoms with E-state index in [1.54, 1.807) is 19.2 Å². The molecule has 64 valence electrons. The number of carbonyl (C=O) groups excluding carboxylic acids is 1. The molecule has 1 N–H and O–H groups in total. The second kappa shape index (κ2) is 3.49. The van der Waals surface area contributed by atoms with E-state index in [0.29, 0.717) is 10.8 Å². The van der Waals surface area contributed by atoms with Crippen LogP contribution in [0.25, 0.3) is 0 Å². The van der Waals surface area contributed by atoms with Crippen molar-refractivity contribution >= 4 is 23.2 Å². The summed E-state index contributed by atoms with van der Waals surface area (Å²) in [6.07, 6.45) is 5.35. The number of hydrogen-bond donors (Lipinski definition) is 1. The second-order valence-corrected chi connectivity index (χ2v) is 2.79. The van der Waals surface area contributed by atoms with E-state index in [0.717, 1.165) is 0 Å². The molecular weight excluding hydrogens is 172 g/mol. The Labute approximate surface area is 76.7 Å². The molecule has 3 nitrogen and oxygen atoms in total. The molecule has 4 heteroatoms. The number of hydrogen-bond acceptors (Lipinski definition) is 2. The first-order valence-electron chi connectivity index (χ1n) is 3.59. The Morgan fingerprint density at radius 1 is 1.58 bits per heavy atom. The molecule has 1 aliphatic heterocycles. The van der Waals surface area contributed by atoms with Gasteiger partial charge in [0.25, 0.3) is 5.91 Å². The second-order valence-electron chi connectivity index (χ2n) is 2.40. The van der Waals surface area contributed by atoms with Crippen molar-refractivity contribution in [2.75, 3.05) is 7.05 Å². The number of carbonyl (C=O) groups is 1. The summed E-state index contributed by atoms with van der Waals surface area (Å²) >= 11 is 4.88. The Balaban J connectivity index is 2.84. The molecule has 0 saturated carbocycles. The van der Waals surface area contributed by atoms with Gasteiger partial charge in [-0.2, -0.15) is 0 Å². The number of nitrogens with zero attached hydrogens (tertiary/aromatic N) is 1. The van der Waals surface area contributed by atoms with Crippen LogP contribution in [0.2, 0.25) is 0 Å². The number of allylic oxidation sites excluding steroid dienone is 3. The summed E-state index contributed by atoms with van der Waals surface area (Å²) in [7, 11) is 1.65. The lowest BCUT2D eigenvalue weighted by molar-refractivity contribution is -0.121. The van der Waals surface area contributed by atoms with Crippen LogP contribution >= 0.6 is 12.2 Å². The minimum atomic E-state index is -0.0851. The van der Waals surface area contributed by atoms with Gasteiger partial charge in [0.05, 0.1) is 0 Å². The Morgan fingerprint density at radius 3 is 2.67 bits per heavy atom. The SMILES string of the molecule is C/C=C/C=C1\NC(=S)N(C)C1=O. The van der Waals surface area contributed by atoms with Crippen LogP contribution in [0.15, 0.2) is 23.9 Å². The lowest BCUT2D eigenvalue weighted by Gasteiger charge is -2.02. The van der Waals surface area contributed by atoms with Crippen LogP contribution in [0, 0.1) is 0 Å². The van der Waals surface area contributed by atoms with Gasteiger partial charge in [-0.05, 0) is 25.2 Å². The van der Waals surface area contributed by atoms with Crippen molar-refractivity contribution in [1.82, 2.24) is 10.2 Å². The largest absolute Gasteiger partial charge is 0.328 e. The van der Waals surface area contributed by atoms with Crippen molar-refractivity contribution in [1.29, 1.82) is 0 Å². The summed E-state index contributed by atoms with van der Waals surface area (Å²) in [6.45, 7) is 1.89. The molecule has 0 aromatic rings. The first-order valence-corrected chi connectivity index (χ1v) is 3.99. The van der Waals surface area contributed by atoms with Crippen LogP contribution in [0.4, 0.5) is 0 Å². The highest BCUT2D eigenvalue weighted by Crippen LogP contribution is 2.06. The minimum absolute atomic E-state index is 0.0851. The fraction of sp³-hybridized carbons (Fsp3) is 0.250. The first-order chi connectivity index (χ1) is 5.66. The molecule has 0 unspecified atom stereocenters. The Kier molecular flexibility index (Phi) is 2.60. The summed E-state index contributed by atoms with van der Waals surface area (Å²) in [5.41, 5.74) is 0.528. The van der Waals surface area contributed by atoms with Crippen molar-refractivity contribution in [3.05, 3.63) is 23.9 Å². The highest BCUT2D eigenvalue weighted by Gasteiger charge is 2.26. The molecule has 0 aliphatic carbocycles. The van der Waals surface area contributed by atoms with Gasteiger partial charge >= 0.3 is 0 Å². The minimum Gasteiger partial charge on any atom is -0.328 e. The standard InChI is InChI=1S/C8H10N2OS/c1-3-4-5-6-7(11)10(2)8(12)9-6/h3-5H,1-2H3,(H,9,12)/b4-3+,6-5-. The van der Waals surface area contributed by atoms with Crippen LogP contribution < -0.4 is 5.32 Å². The molecule has 12 heavy (non-hydrogen) atoms. The highest BCUT2D eigenvalue weighted by molar-refractivity contribution is 7.80. The van der Waals surface area contributed by atoms with E-state index in [4.69, 9.17) is 12.2 Å². The topological polar surface area (TPSA) is 32.3 Å². The van der Waals surface area contributed by atoms with Crippen molar-refractivity contribution in [3.8, 4) is 0 Å². The summed E-state index contributed by atoms with van der Waals surface area (Å²) in [5, 5.41) is 3.26. The van der Waals surface area contributed by atoms with E-state index in [1.165, 1.54) is 4.90 Å². The van der Waals surface area contributed by atoms with E-state index in [2.05, 4.69) is 5.32 Å². The van der Waals surface area contributed by atoms with Crippen molar-refractivity contribution in [2.45, 2.75) is 6.92 Å². The normalized spacial score (nSPS) is 21.2. The summed E-state index contributed by atoms with van der Waals surface area (Å²) < 4.78 is 0. The zero-order valence-corrected chi connectivity index (χ0v) is 7.81. The van der Waals surface area contributed by atoms with Gasteiger partial charge in [0, 0.05) is 7.05 Å². The van der Waals surface area contributed by atoms with E-state index in [1.807, 2.05) is 13.0 Å². The maximum absolute atomic E-state index is 11.3. The number of rotatable bonds is 1. The lowest BCUT2D eigenvalue weighted by Crippen LogP contribution is -2.25. The molecule has 1 fully saturated rings. The van der Waals surface area contributed by atoms with Gasteiger partial charge in [-0.1, -0.05) is 12.2 Å². The van der Waals surface area contributed by atoms with Gasteiger partial charge in [-0.15, -0.1) is 0 Å². The van der Waals surface area contributed by atoms with E-state index in [9.17, 15) is 4.79 Å². The summed E-state index contributed by atoms with van der Waals surface area (Å²) in [5.74, 6) is -0.0851. The molecule has 1 rings (SSSR count). The van der Waals surface area contributed by atoms with E-state index >= 15 is 0 Å². The third-order valence-corrected chi connectivity index (χ3v) is 1.91. The first kappa shape index (κ1) is 8.93. The molecule has 0 atom stereocenters. The number of likely N-dealkylation sites (N-methyl/N-ethyl adjacent to an activating group) is 1. The molecule has 0 aromatic heterocycles.